The topological polar surface area (TPSA) is 18.5 Å². The van der Waals surface area contributed by atoms with Crippen LogP contribution in [0.1, 0.15) is 11.1 Å². The lowest BCUT2D eigenvalue weighted by molar-refractivity contribution is 0.419. The van der Waals surface area contributed by atoms with Gasteiger partial charge in [0.25, 0.3) is 0 Å². The Balaban J connectivity index is 1.67. The number of ether oxygens (including phenoxy) is 2. The van der Waals surface area contributed by atoms with Crippen molar-refractivity contribution in [2.24, 2.45) is 0 Å². The summed E-state index contributed by atoms with van der Waals surface area (Å²) >= 11 is 0. The SMILES string of the molecule is COc1ccc(/C=C/[Si](C)(C)[Si](C)(C)[Si](C)(C)[Si](C)(C)/C=C/c2ccc(OC)c3ccccc23)c2ccccc12. The summed E-state index contributed by atoms with van der Waals surface area (Å²) in [4.78, 5) is 0. The van der Waals surface area contributed by atoms with Crippen molar-refractivity contribution in [1.29, 1.82) is 0 Å². The molecule has 0 aliphatic rings. The number of rotatable bonds is 9. The van der Waals surface area contributed by atoms with Gasteiger partial charge in [-0.3, -0.25) is 0 Å². The molecular formula is C34H46O2Si4. The van der Waals surface area contributed by atoms with E-state index in [1.54, 1.807) is 14.2 Å². The van der Waals surface area contributed by atoms with E-state index in [-0.39, 0.29) is 0 Å². The average Bonchev–Trinajstić information content (AvgIpc) is 2.94. The van der Waals surface area contributed by atoms with Gasteiger partial charge in [0, 0.05) is 25.0 Å². The molecule has 0 N–H and O–H groups in total. The maximum atomic E-state index is 5.64. The van der Waals surface area contributed by atoms with Crippen molar-refractivity contribution in [2.45, 2.75) is 52.4 Å². The number of fused-ring (bicyclic) bond motifs is 2. The predicted octanol–water partition coefficient (Wildman–Crippen LogP) is 9.88. The first-order valence-electron chi connectivity index (χ1n) is 14.3. The molecule has 4 aromatic rings. The Morgan fingerprint density at radius 3 is 1.10 bits per heavy atom. The number of hydrogen-bond donors (Lipinski definition) is 0. The van der Waals surface area contributed by atoms with E-state index in [1.165, 1.54) is 32.7 Å². The Morgan fingerprint density at radius 2 is 0.775 bits per heavy atom. The molecule has 2 nitrogen and oxygen atoms in total. The molecule has 0 fully saturated rings. The molecule has 40 heavy (non-hydrogen) atoms. The largest absolute Gasteiger partial charge is 0.496 e. The van der Waals surface area contributed by atoms with E-state index < -0.39 is 29.4 Å². The molecular weight excluding hydrogens is 553 g/mol. The van der Waals surface area contributed by atoms with E-state index in [0.717, 1.165) is 11.5 Å². The summed E-state index contributed by atoms with van der Waals surface area (Å²) in [7, 11) is -2.97. The van der Waals surface area contributed by atoms with Crippen LogP contribution in [0.3, 0.4) is 0 Å². The van der Waals surface area contributed by atoms with Crippen LogP contribution in [0.5, 0.6) is 11.5 Å². The third-order valence-electron chi connectivity index (χ3n) is 10.4. The first kappa shape index (κ1) is 30.3. The number of methoxy groups -OCH3 is 2. The van der Waals surface area contributed by atoms with Gasteiger partial charge < -0.3 is 9.47 Å². The molecule has 0 bridgehead atoms. The molecule has 0 saturated carbocycles. The zero-order valence-electron chi connectivity index (χ0n) is 26.1. The van der Waals surface area contributed by atoms with E-state index in [1.807, 2.05) is 0 Å². The first-order chi connectivity index (χ1) is 18.8. The number of benzene rings is 4. The van der Waals surface area contributed by atoms with E-state index in [4.69, 9.17) is 9.47 Å². The Kier molecular flexibility index (Phi) is 8.58. The Labute approximate surface area is 245 Å². The lowest BCUT2D eigenvalue weighted by Crippen LogP contribution is -2.78. The second kappa shape index (κ2) is 11.3. The van der Waals surface area contributed by atoms with Crippen molar-refractivity contribution in [3.63, 3.8) is 0 Å². The minimum Gasteiger partial charge on any atom is -0.496 e. The quantitative estimate of drug-likeness (QED) is 0.179. The third-order valence-corrected chi connectivity index (χ3v) is 76.8. The van der Waals surface area contributed by atoms with Crippen molar-refractivity contribution in [1.82, 2.24) is 0 Å². The highest BCUT2D eigenvalue weighted by Crippen LogP contribution is 2.38. The van der Waals surface area contributed by atoms with Crippen LogP contribution in [0.15, 0.2) is 84.2 Å². The minimum absolute atomic E-state index is 0.941. The molecule has 0 amide bonds. The van der Waals surface area contributed by atoms with Gasteiger partial charge in [0.2, 0.25) is 0 Å². The van der Waals surface area contributed by atoms with E-state index in [0.29, 0.717) is 0 Å². The standard InChI is InChI=1S/C34H46O2Si4/c1-35-33-21-19-27(29-15-11-13-17-31(29)33)23-25-37(3,4)39(7,8)40(9,10)38(5,6)26-24-28-20-22-34(36-2)32-18-14-12-16-30(28)32/h11-26H,1-10H3/b25-23+,26-24+. The maximum Gasteiger partial charge on any atom is 0.126 e. The van der Waals surface area contributed by atoms with Crippen molar-refractivity contribution in [2.75, 3.05) is 14.2 Å². The van der Waals surface area contributed by atoms with Crippen LogP contribution in [0.4, 0.5) is 0 Å². The zero-order chi connectivity index (χ0) is 29.3. The Bertz CT molecular complexity index is 1460. The molecule has 4 rings (SSSR count). The zero-order valence-corrected chi connectivity index (χ0v) is 30.1. The highest BCUT2D eigenvalue weighted by atomic mass is 29.8. The average molecular weight is 599 g/mol. The molecule has 0 saturated heterocycles. The summed E-state index contributed by atoms with van der Waals surface area (Å²) < 4.78 is 11.3. The normalized spacial score (nSPS) is 13.6. The smallest absolute Gasteiger partial charge is 0.126 e. The van der Waals surface area contributed by atoms with Gasteiger partial charge in [0.1, 0.15) is 11.5 Å². The predicted molar refractivity (Wildman–Crippen MR) is 189 cm³/mol. The molecule has 0 unspecified atom stereocenters. The second-order valence-corrected chi connectivity index (χ2v) is 53.0. The maximum absolute atomic E-state index is 5.64. The van der Waals surface area contributed by atoms with Crippen LogP contribution in [-0.2, 0) is 0 Å². The van der Waals surface area contributed by atoms with Gasteiger partial charge in [-0.2, -0.15) is 0 Å². The second-order valence-electron chi connectivity index (χ2n) is 13.2. The molecule has 0 radical (unpaired) electrons. The fraction of sp³-hybridized carbons (Fsp3) is 0.294. The molecule has 4 aromatic carbocycles. The molecule has 0 atom stereocenters. The fourth-order valence-corrected chi connectivity index (χ4v) is 71.7. The van der Waals surface area contributed by atoms with Crippen molar-refractivity contribution in [3.8, 4) is 11.5 Å². The lowest BCUT2D eigenvalue weighted by Gasteiger charge is -2.53. The first-order valence-corrected chi connectivity index (χ1v) is 29.4. The molecule has 0 aliphatic carbocycles. The fourth-order valence-electron chi connectivity index (χ4n) is 5.86. The van der Waals surface area contributed by atoms with Gasteiger partial charge in [0.05, 0.1) is 29.4 Å². The van der Waals surface area contributed by atoms with Crippen LogP contribution in [0.2, 0.25) is 52.4 Å². The van der Waals surface area contributed by atoms with Crippen molar-refractivity contribution >= 4 is 63.1 Å². The van der Waals surface area contributed by atoms with E-state index >= 15 is 0 Å². The van der Waals surface area contributed by atoms with Gasteiger partial charge in [-0.25, -0.2) is 0 Å². The summed E-state index contributed by atoms with van der Waals surface area (Å²) in [6, 6.07) is 25.9. The van der Waals surface area contributed by atoms with Crippen LogP contribution in [0.25, 0.3) is 33.7 Å². The summed E-state index contributed by atoms with van der Waals surface area (Å²) in [6.45, 7) is 21.4. The van der Waals surface area contributed by atoms with Crippen LogP contribution in [-0.4, -0.2) is 43.6 Å². The Hall–Kier alpha value is -2.65. The molecule has 0 spiro atoms. The Morgan fingerprint density at radius 1 is 0.450 bits per heavy atom. The number of hydrogen-bond acceptors (Lipinski definition) is 2. The summed E-state index contributed by atoms with van der Waals surface area (Å²) in [6.07, 6.45) is 4.86. The summed E-state index contributed by atoms with van der Waals surface area (Å²) in [5, 5.41) is 4.90. The van der Waals surface area contributed by atoms with Gasteiger partial charge in [0.15, 0.2) is 0 Å². The summed E-state index contributed by atoms with van der Waals surface area (Å²) in [5.74, 6) is 1.88. The molecule has 6 heteroatoms. The van der Waals surface area contributed by atoms with Crippen molar-refractivity contribution in [3.05, 3.63) is 95.3 Å². The van der Waals surface area contributed by atoms with E-state index in [9.17, 15) is 0 Å². The lowest BCUT2D eigenvalue weighted by atomic mass is 10.0. The van der Waals surface area contributed by atoms with Crippen LogP contribution >= 0.6 is 0 Å². The molecule has 0 aliphatic heterocycles. The monoisotopic (exact) mass is 598 g/mol. The molecule has 0 heterocycles. The van der Waals surface area contributed by atoms with E-state index in [2.05, 4.69) is 149 Å². The molecule has 210 valence electrons. The van der Waals surface area contributed by atoms with Crippen LogP contribution in [0, 0.1) is 0 Å². The summed E-state index contributed by atoms with van der Waals surface area (Å²) in [5.41, 5.74) is 7.91. The van der Waals surface area contributed by atoms with Gasteiger partial charge in [-0.1, -0.05) is 137 Å². The van der Waals surface area contributed by atoms with Gasteiger partial charge in [-0.05, 0) is 34.0 Å². The third kappa shape index (κ3) is 5.34. The van der Waals surface area contributed by atoms with Gasteiger partial charge in [-0.15, -0.1) is 0 Å². The highest BCUT2D eigenvalue weighted by Gasteiger charge is 2.57. The molecule has 0 aromatic heterocycles. The highest BCUT2D eigenvalue weighted by molar-refractivity contribution is 7.84. The van der Waals surface area contributed by atoms with Crippen molar-refractivity contribution < 1.29 is 9.47 Å². The van der Waals surface area contributed by atoms with Crippen LogP contribution < -0.4 is 9.47 Å². The van der Waals surface area contributed by atoms with Gasteiger partial charge >= 0.3 is 0 Å². The minimum atomic E-state index is -1.66.